The van der Waals surface area contributed by atoms with Crippen LogP contribution in [0.25, 0.3) is 0 Å². The van der Waals surface area contributed by atoms with E-state index >= 15 is 0 Å². The fraction of sp³-hybridized carbons (Fsp3) is 0.846. The highest BCUT2D eigenvalue weighted by molar-refractivity contribution is 5.29. The highest BCUT2D eigenvalue weighted by atomic mass is 16.4. The molecule has 0 aromatic heterocycles. The first-order chi connectivity index (χ1) is 6.87. The van der Waals surface area contributed by atoms with Gasteiger partial charge in [0.15, 0.2) is 0 Å². The quantitative estimate of drug-likeness (QED) is 0.602. The van der Waals surface area contributed by atoms with Crippen molar-refractivity contribution in [3.63, 3.8) is 0 Å². The normalized spacial score (nSPS) is 50.9. The SMILES string of the molecule is CC1CC2CCCC=C2C(C)(O)C1(C)O. The van der Waals surface area contributed by atoms with Crippen molar-refractivity contribution in [1.82, 2.24) is 0 Å². The van der Waals surface area contributed by atoms with Crippen LogP contribution in [0.15, 0.2) is 11.6 Å². The molecule has 2 nitrogen and oxygen atoms in total. The Morgan fingerprint density at radius 3 is 2.67 bits per heavy atom. The van der Waals surface area contributed by atoms with Crippen LogP contribution in [0.3, 0.4) is 0 Å². The summed E-state index contributed by atoms with van der Waals surface area (Å²) >= 11 is 0. The lowest BCUT2D eigenvalue weighted by atomic mass is 9.59. The average Bonchev–Trinajstić information content (AvgIpc) is 2.16. The lowest BCUT2D eigenvalue weighted by Crippen LogP contribution is -2.60. The summed E-state index contributed by atoms with van der Waals surface area (Å²) in [6, 6.07) is 0. The van der Waals surface area contributed by atoms with Crippen molar-refractivity contribution < 1.29 is 10.2 Å². The molecule has 0 aromatic carbocycles. The second kappa shape index (κ2) is 3.33. The van der Waals surface area contributed by atoms with E-state index in [1.54, 1.807) is 13.8 Å². The maximum Gasteiger partial charge on any atom is 0.112 e. The Bertz CT molecular complexity index is 289. The number of rotatable bonds is 0. The Labute approximate surface area is 92.0 Å². The van der Waals surface area contributed by atoms with Gasteiger partial charge in [-0.05, 0) is 56.9 Å². The molecule has 0 saturated heterocycles. The number of hydrogen-bond acceptors (Lipinski definition) is 2. The van der Waals surface area contributed by atoms with E-state index in [2.05, 4.69) is 6.08 Å². The lowest BCUT2D eigenvalue weighted by Gasteiger charge is -2.52. The summed E-state index contributed by atoms with van der Waals surface area (Å²) in [5.41, 5.74) is -0.959. The van der Waals surface area contributed by atoms with Crippen LogP contribution in [0.1, 0.15) is 46.5 Å². The minimum absolute atomic E-state index is 0.160. The second-order valence-electron chi connectivity index (χ2n) is 5.64. The molecule has 4 atom stereocenters. The number of allylic oxidation sites excluding steroid dienone is 1. The second-order valence-corrected chi connectivity index (χ2v) is 5.64. The molecule has 2 aliphatic carbocycles. The van der Waals surface area contributed by atoms with Gasteiger partial charge >= 0.3 is 0 Å². The van der Waals surface area contributed by atoms with Crippen molar-refractivity contribution in [2.24, 2.45) is 11.8 Å². The molecule has 0 spiro atoms. The van der Waals surface area contributed by atoms with Crippen LogP contribution in [0.5, 0.6) is 0 Å². The molecule has 1 fully saturated rings. The highest BCUT2D eigenvalue weighted by Gasteiger charge is 2.54. The molecular weight excluding hydrogens is 188 g/mol. The van der Waals surface area contributed by atoms with Gasteiger partial charge in [-0.15, -0.1) is 0 Å². The van der Waals surface area contributed by atoms with Gasteiger partial charge in [-0.25, -0.2) is 0 Å². The summed E-state index contributed by atoms with van der Waals surface area (Å²) in [5, 5.41) is 21.0. The Morgan fingerprint density at radius 2 is 2.00 bits per heavy atom. The third-order valence-electron chi connectivity index (χ3n) is 4.71. The predicted octanol–water partition coefficient (Wildman–Crippen LogP) is 2.25. The Balaban J connectivity index is 2.41. The molecule has 15 heavy (non-hydrogen) atoms. The molecule has 86 valence electrons. The van der Waals surface area contributed by atoms with Crippen molar-refractivity contribution in [2.45, 2.75) is 57.7 Å². The van der Waals surface area contributed by atoms with Crippen LogP contribution in [0.2, 0.25) is 0 Å². The smallest absolute Gasteiger partial charge is 0.112 e. The molecule has 0 aliphatic heterocycles. The van der Waals surface area contributed by atoms with Crippen LogP contribution in [0.4, 0.5) is 0 Å². The third-order valence-corrected chi connectivity index (χ3v) is 4.71. The maximum atomic E-state index is 10.5. The lowest BCUT2D eigenvalue weighted by molar-refractivity contribution is -0.162. The van der Waals surface area contributed by atoms with Gasteiger partial charge in [-0.1, -0.05) is 13.0 Å². The van der Waals surface area contributed by atoms with E-state index in [0.29, 0.717) is 5.92 Å². The average molecular weight is 210 g/mol. The van der Waals surface area contributed by atoms with Crippen molar-refractivity contribution in [2.75, 3.05) is 0 Å². The molecule has 0 heterocycles. The van der Waals surface area contributed by atoms with E-state index in [0.717, 1.165) is 18.4 Å². The van der Waals surface area contributed by atoms with Gasteiger partial charge in [-0.3, -0.25) is 0 Å². The fourth-order valence-electron chi connectivity index (χ4n) is 3.21. The Morgan fingerprint density at radius 1 is 1.33 bits per heavy atom. The Kier molecular flexibility index (Phi) is 2.47. The minimum Gasteiger partial charge on any atom is -0.387 e. The zero-order chi connectivity index (χ0) is 11.3. The molecule has 4 unspecified atom stereocenters. The third kappa shape index (κ3) is 1.46. The summed E-state index contributed by atoms with van der Waals surface area (Å²) in [6.45, 7) is 5.58. The molecule has 0 bridgehead atoms. The first-order valence-corrected chi connectivity index (χ1v) is 6.02. The largest absolute Gasteiger partial charge is 0.387 e. The number of fused-ring (bicyclic) bond motifs is 1. The first-order valence-electron chi connectivity index (χ1n) is 6.02. The summed E-state index contributed by atoms with van der Waals surface area (Å²) in [6.07, 6.45) is 6.59. The summed E-state index contributed by atoms with van der Waals surface area (Å²) in [7, 11) is 0. The van der Waals surface area contributed by atoms with Gasteiger partial charge in [0.1, 0.15) is 5.60 Å². The maximum absolute atomic E-state index is 10.5. The summed E-state index contributed by atoms with van der Waals surface area (Å²) in [4.78, 5) is 0. The van der Waals surface area contributed by atoms with Gasteiger partial charge in [-0.2, -0.15) is 0 Å². The van der Waals surface area contributed by atoms with E-state index in [4.69, 9.17) is 0 Å². The standard InChI is InChI=1S/C13H22O2/c1-9-8-10-6-4-5-7-11(10)13(3,15)12(9,2)14/h7,9-10,14-15H,4-6,8H2,1-3H3. The Hall–Kier alpha value is -0.340. The van der Waals surface area contributed by atoms with Crippen molar-refractivity contribution in [3.8, 4) is 0 Å². The summed E-state index contributed by atoms with van der Waals surface area (Å²) < 4.78 is 0. The van der Waals surface area contributed by atoms with E-state index in [-0.39, 0.29) is 5.92 Å². The van der Waals surface area contributed by atoms with Gasteiger partial charge in [0.2, 0.25) is 0 Å². The molecule has 2 heteroatoms. The molecule has 1 saturated carbocycles. The van der Waals surface area contributed by atoms with Gasteiger partial charge < -0.3 is 10.2 Å². The van der Waals surface area contributed by atoms with Crippen LogP contribution in [-0.4, -0.2) is 21.4 Å². The van der Waals surface area contributed by atoms with Crippen LogP contribution < -0.4 is 0 Å². The molecule has 0 radical (unpaired) electrons. The van der Waals surface area contributed by atoms with E-state index in [9.17, 15) is 10.2 Å². The fourth-order valence-corrected chi connectivity index (χ4v) is 3.21. The minimum atomic E-state index is -1.05. The topological polar surface area (TPSA) is 40.5 Å². The van der Waals surface area contributed by atoms with Crippen molar-refractivity contribution >= 4 is 0 Å². The van der Waals surface area contributed by atoms with Gasteiger partial charge in [0, 0.05) is 0 Å². The van der Waals surface area contributed by atoms with E-state index in [1.807, 2.05) is 6.92 Å². The first kappa shape index (κ1) is 11.2. The molecule has 0 amide bonds. The summed E-state index contributed by atoms with van der Waals surface area (Å²) in [5.74, 6) is 0.650. The monoisotopic (exact) mass is 210 g/mol. The molecule has 2 rings (SSSR count). The van der Waals surface area contributed by atoms with Crippen molar-refractivity contribution in [1.29, 1.82) is 0 Å². The van der Waals surface area contributed by atoms with Crippen LogP contribution in [-0.2, 0) is 0 Å². The molecule has 2 N–H and O–H groups in total. The number of aliphatic hydroxyl groups is 2. The van der Waals surface area contributed by atoms with Crippen LogP contribution in [0, 0.1) is 11.8 Å². The zero-order valence-corrected chi connectivity index (χ0v) is 9.95. The van der Waals surface area contributed by atoms with Crippen molar-refractivity contribution in [3.05, 3.63) is 11.6 Å². The zero-order valence-electron chi connectivity index (χ0n) is 9.95. The van der Waals surface area contributed by atoms with Gasteiger partial charge in [0.05, 0.1) is 5.60 Å². The van der Waals surface area contributed by atoms with E-state index < -0.39 is 11.2 Å². The highest BCUT2D eigenvalue weighted by Crippen LogP contribution is 2.49. The molecule has 2 aliphatic rings. The molecular formula is C13H22O2. The van der Waals surface area contributed by atoms with Crippen LogP contribution >= 0.6 is 0 Å². The van der Waals surface area contributed by atoms with E-state index in [1.165, 1.54) is 12.8 Å². The van der Waals surface area contributed by atoms with Gasteiger partial charge in [0.25, 0.3) is 0 Å². The number of hydrogen-bond donors (Lipinski definition) is 2. The molecule has 0 aromatic rings. The predicted molar refractivity (Wildman–Crippen MR) is 60.5 cm³/mol.